The first-order valence-electron chi connectivity index (χ1n) is 5.98. The van der Waals surface area contributed by atoms with Crippen LogP contribution in [0.15, 0.2) is 30.3 Å². The van der Waals surface area contributed by atoms with Crippen molar-refractivity contribution < 1.29 is 4.79 Å². The van der Waals surface area contributed by atoms with Gasteiger partial charge in [-0.3, -0.25) is 4.79 Å². The Balaban J connectivity index is 2.69. The van der Waals surface area contributed by atoms with Crippen LogP contribution in [0.3, 0.4) is 0 Å². The van der Waals surface area contributed by atoms with Crippen molar-refractivity contribution in [2.75, 3.05) is 24.5 Å². The van der Waals surface area contributed by atoms with Crippen LogP contribution in [-0.4, -0.2) is 30.5 Å². The van der Waals surface area contributed by atoms with Gasteiger partial charge in [-0.15, -0.1) is 0 Å². The Bertz CT molecular complexity index is 394. The van der Waals surface area contributed by atoms with Gasteiger partial charge in [-0.25, -0.2) is 0 Å². The van der Waals surface area contributed by atoms with Gasteiger partial charge in [0.05, 0.1) is 11.5 Å². The molecule has 0 heterocycles. The summed E-state index contributed by atoms with van der Waals surface area (Å²) < 4.78 is 0. The minimum absolute atomic E-state index is 0.00397. The van der Waals surface area contributed by atoms with Gasteiger partial charge in [0, 0.05) is 25.2 Å². The highest BCUT2D eigenvalue weighted by atomic mass is 32.1. The zero-order valence-electron chi connectivity index (χ0n) is 10.6. The number of anilines is 1. The number of thiocarbonyl (C=S) groups is 1. The van der Waals surface area contributed by atoms with Crippen LogP contribution in [0, 0.1) is 0 Å². The zero-order valence-corrected chi connectivity index (χ0v) is 11.4. The summed E-state index contributed by atoms with van der Waals surface area (Å²) in [5.74, 6) is 0.00397. The molecule has 3 N–H and O–H groups in total. The van der Waals surface area contributed by atoms with E-state index in [9.17, 15) is 4.79 Å². The number of likely N-dealkylation sites (N-methyl/N-ethyl adjacent to an activating group) is 1. The molecule has 0 spiro atoms. The molecule has 5 heteroatoms. The van der Waals surface area contributed by atoms with E-state index >= 15 is 0 Å². The first-order valence-corrected chi connectivity index (χ1v) is 6.39. The number of amides is 1. The predicted molar refractivity (Wildman–Crippen MR) is 78.7 cm³/mol. The van der Waals surface area contributed by atoms with Crippen molar-refractivity contribution in [3.8, 4) is 0 Å². The normalized spacial score (nSPS) is 9.83. The Hall–Kier alpha value is -1.62. The fraction of sp³-hybridized carbons (Fsp3) is 0.385. The molecule has 0 saturated heterocycles. The number of hydrogen-bond acceptors (Lipinski definition) is 3. The molecule has 0 fully saturated rings. The van der Waals surface area contributed by atoms with Gasteiger partial charge < -0.3 is 16.0 Å². The second kappa shape index (κ2) is 7.66. The molecular formula is C13H19N3OS. The number of para-hydroxylation sites is 1. The molecule has 4 nitrogen and oxygen atoms in total. The highest BCUT2D eigenvalue weighted by Crippen LogP contribution is 2.13. The predicted octanol–water partition coefficient (Wildman–Crippen LogP) is 1.31. The Morgan fingerprint density at radius 1 is 1.39 bits per heavy atom. The summed E-state index contributed by atoms with van der Waals surface area (Å²) >= 11 is 4.88. The van der Waals surface area contributed by atoms with Crippen LogP contribution >= 0.6 is 12.2 Å². The summed E-state index contributed by atoms with van der Waals surface area (Å²) in [6, 6.07) is 9.78. The first-order chi connectivity index (χ1) is 8.63. The number of benzene rings is 1. The lowest BCUT2D eigenvalue weighted by molar-refractivity contribution is -0.119. The number of hydrogen-bond donors (Lipinski definition) is 2. The van der Waals surface area contributed by atoms with Gasteiger partial charge in [-0.1, -0.05) is 30.4 Å². The van der Waals surface area contributed by atoms with Crippen molar-refractivity contribution in [2.24, 2.45) is 5.73 Å². The zero-order chi connectivity index (χ0) is 13.4. The maximum absolute atomic E-state index is 11.7. The van der Waals surface area contributed by atoms with Crippen LogP contribution in [0.25, 0.3) is 0 Å². The molecule has 0 unspecified atom stereocenters. The molecule has 1 aromatic rings. The first kappa shape index (κ1) is 14.4. The van der Waals surface area contributed by atoms with E-state index in [1.807, 2.05) is 42.2 Å². The summed E-state index contributed by atoms with van der Waals surface area (Å²) in [5, 5.41) is 2.79. The van der Waals surface area contributed by atoms with Gasteiger partial charge in [0.25, 0.3) is 0 Å². The van der Waals surface area contributed by atoms with Crippen LogP contribution in [0.1, 0.15) is 13.3 Å². The average molecular weight is 265 g/mol. The molecule has 0 radical (unpaired) electrons. The maximum atomic E-state index is 11.7. The Morgan fingerprint density at radius 2 is 2.06 bits per heavy atom. The minimum Gasteiger partial charge on any atom is -0.393 e. The van der Waals surface area contributed by atoms with Crippen molar-refractivity contribution in [3.63, 3.8) is 0 Å². The monoisotopic (exact) mass is 265 g/mol. The Morgan fingerprint density at radius 3 is 2.61 bits per heavy atom. The molecule has 0 atom stereocenters. The summed E-state index contributed by atoms with van der Waals surface area (Å²) in [5.41, 5.74) is 6.51. The Labute approximate surface area is 113 Å². The molecule has 1 aromatic carbocycles. The van der Waals surface area contributed by atoms with Crippen molar-refractivity contribution >= 4 is 28.8 Å². The topological polar surface area (TPSA) is 58.4 Å². The van der Waals surface area contributed by atoms with Gasteiger partial charge in [0.1, 0.15) is 0 Å². The summed E-state index contributed by atoms with van der Waals surface area (Å²) in [4.78, 5) is 14.1. The quantitative estimate of drug-likeness (QED) is 0.730. The van der Waals surface area contributed by atoms with Gasteiger partial charge in [0.2, 0.25) is 5.91 Å². The van der Waals surface area contributed by atoms with Crippen LogP contribution < -0.4 is 16.0 Å². The van der Waals surface area contributed by atoms with E-state index in [2.05, 4.69) is 5.32 Å². The highest BCUT2D eigenvalue weighted by Gasteiger charge is 2.10. The largest absolute Gasteiger partial charge is 0.393 e. The molecule has 98 valence electrons. The second-order valence-corrected chi connectivity index (χ2v) is 4.45. The second-order valence-electron chi connectivity index (χ2n) is 3.93. The summed E-state index contributed by atoms with van der Waals surface area (Å²) in [7, 11) is 0. The standard InChI is InChI=1S/C13H19N3OS/c1-2-15-13(17)10-16(9-8-12(14)18)11-6-4-3-5-7-11/h3-7H,2,8-10H2,1H3,(H2,14,18)(H,15,17). The molecule has 0 aliphatic carbocycles. The van der Waals surface area contributed by atoms with Crippen LogP contribution in [0.5, 0.6) is 0 Å². The maximum Gasteiger partial charge on any atom is 0.239 e. The van der Waals surface area contributed by atoms with Crippen LogP contribution in [-0.2, 0) is 4.79 Å². The van der Waals surface area contributed by atoms with E-state index in [1.165, 1.54) is 0 Å². The van der Waals surface area contributed by atoms with E-state index in [4.69, 9.17) is 18.0 Å². The SMILES string of the molecule is CCNC(=O)CN(CCC(N)=S)c1ccccc1. The lowest BCUT2D eigenvalue weighted by atomic mass is 10.2. The van der Waals surface area contributed by atoms with Crippen molar-refractivity contribution in [3.05, 3.63) is 30.3 Å². The third-order valence-electron chi connectivity index (χ3n) is 2.46. The fourth-order valence-corrected chi connectivity index (χ4v) is 1.70. The number of nitrogens with zero attached hydrogens (tertiary/aromatic N) is 1. The number of carbonyl (C=O) groups excluding carboxylic acids is 1. The molecule has 1 rings (SSSR count). The van der Waals surface area contributed by atoms with Crippen LogP contribution in [0.4, 0.5) is 5.69 Å². The van der Waals surface area contributed by atoms with E-state index in [0.29, 0.717) is 31.0 Å². The lowest BCUT2D eigenvalue weighted by Crippen LogP contribution is -2.38. The lowest BCUT2D eigenvalue weighted by Gasteiger charge is -2.24. The fourth-order valence-electron chi connectivity index (χ4n) is 1.61. The molecule has 0 aliphatic rings. The number of rotatable bonds is 7. The third kappa shape index (κ3) is 5.14. The molecule has 18 heavy (non-hydrogen) atoms. The number of carbonyl (C=O) groups is 1. The molecular weight excluding hydrogens is 246 g/mol. The Kier molecular flexibility index (Phi) is 6.14. The van der Waals surface area contributed by atoms with E-state index < -0.39 is 0 Å². The third-order valence-corrected chi connectivity index (χ3v) is 2.66. The average Bonchev–Trinajstić information content (AvgIpc) is 2.35. The van der Waals surface area contributed by atoms with Gasteiger partial charge in [-0.05, 0) is 19.1 Å². The molecule has 0 aliphatic heterocycles. The van der Waals surface area contributed by atoms with E-state index in [1.54, 1.807) is 0 Å². The van der Waals surface area contributed by atoms with E-state index in [-0.39, 0.29) is 5.91 Å². The van der Waals surface area contributed by atoms with Crippen molar-refractivity contribution in [1.29, 1.82) is 0 Å². The molecule has 0 saturated carbocycles. The van der Waals surface area contributed by atoms with Crippen molar-refractivity contribution in [2.45, 2.75) is 13.3 Å². The van der Waals surface area contributed by atoms with Crippen LogP contribution in [0.2, 0.25) is 0 Å². The van der Waals surface area contributed by atoms with E-state index in [0.717, 1.165) is 5.69 Å². The van der Waals surface area contributed by atoms with Gasteiger partial charge in [-0.2, -0.15) is 0 Å². The van der Waals surface area contributed by atoms with Gasteiger partial charge in [0.15, 0.2) is 0 Å². The molecule has 1 amide bonds. The summed E-state index contributed by atoms with van der Waals surface area (Å²) in [6.07, 6.45) is 0.601. The number of nitrogens with two attached hydrogens (primary N) is 1. The minimum atomic E-state index is 0.00397. The van der Waals surface area contributed by atoms with Gasteiger partial charge >= 0.3 is 0 Å². The van der Waals surface area contributed by atoms with Crippen molar-refractivity contribution in [1.82, 2.24) is 5.32 Å². The number of nitrogens with one attached hydrogen (secondary N) is 1. The highest BCUT2D eigenvalue weighted by molar-refractivity contribution is 7.80. The molecule has 0 bridgehead atoms. The molecule has 0 aromatic heterocycles. The smallest absolute Gasteiger partial charge is 0.239 e. The summed E-state index contributed by atoms with van der Waals surface area (Å²) in [6.45, 7) is 3.51.